The third kappa shape index (κ3) is 4.27. The molecule has 8 aromatic rings. The van der Waals surface area contributed by atoms with Crippen LogP contribution >= 0.6 is 11.3 Å². The lowest BCUT2D eigenvalue weighted by Gasteiger charge is -2.26. The van der Waals surface area contributed by atoms with Gasteiger partial charge in [0.05, 0.1) is 5.69 Å². The van der Waals surface area contributed by atoms with E-state index in [2.05, 4.69) is 164 Å². The topological polar surface area (TPSA) is 21.7 Å². The van der Waals surface area contributed by atoms with Crippen molar-refractivity contribution < 1.29 is 9.47 Å². The molecular weight excluding hydrogens is 619 g/mol. The lowest BCUT2D eigenvalue weighted by molar-refractivity contribution is 0.360. The van der Waals surface area contributed by atoms with Gasteiger partial charge in [0, 0.05) is 42.5 Å². The normalized spacial score (nSPS) is 13.6. The third-order valence-corrected chi connectivity index (χ3v) is 11.2. The molecule has 0 N–H and O–H groups in total. The number of thiophene rings is 1. The van der Waals surface area contributed by atoms with Crippen molar-refractivity contribution in [2.24, 2.45) is 0 Å². The van der Waals surface area contributed by atoms with Gasteiger partial charge in [-0.15, -0.1) is 11.3 Å². The lowest BCUT2D eigenvalue weighted by atomic mass is 9.82. The Morgan fingerprint density at radius 1 is 0.510 bits per heavy atom. The molecule has 0 unspecified atom stereocenters. The van der Waals surface area contributed by atoms with Crippen LogP contribution in [0.5, 0.6) is 23.0 Å². The van der Waals surface area contributed by atoms with Gasteiger partial charge >= 0.3 is 0 Å². The average molecular weight is 650 g/mol. The lowest BCUT2D eigenvalue weighted by Crippen LogP contribution is -2.15. The third-order valence-electron chi connectivity index (χ3n) is 10.1. The number of ether oxygens (including phenoxy) is 2. The molecule has 7 aromatic carbocycles. The largest absolute Gasteiger partial charge is 0.449 e. The molecule has 2 heterocycles. The van der Waals surface area contributed by atoms with Gasteiger partial charge in [-0.25, -0.2) is 0 Å². The maximum atomic E-state index is 6.80. The van der Waals surface area contributed by atoms with Gasteiger partial charge in [0.15, 0.2) is 23.0 Å². The van der Waals surface area contributed by atoms with Gasteiger partial charge in [-0.05, 0) is 94.5 Å². The first kappa shape index (κ1) is 28.2. The van der Waals surface area contributed by atoms with Gasteiger partial charge in [0.2, 0.25) is 0 Å². The second kappa shape index (κ2) is 10.6. The Morgan fingerprint density at radius 2 is 1.20 bits per heavy atom. The van der Waals surface area contributed by atoms with Crippen LogP contribution in [-0.4, -0.2) is 0 Å². The second-order valence-corrected chi connectivity index (χ2v) is 14.4. The van der Waals surface area contributed by atoms with Crippen molar-refractivity contribution in [2.75, 3.05) is 4.90 Å². The average Bonchev–Trinajstić information content (AvgIpc) is 3.62. The summed E-state index contributed by atoms with van der Waals surface area (Å²) in [5.74, 6) is 2.98. The molecule has 0 spiro atoms. The summed E-state index contributed by atoms with van der Waals surface area (Å²) < 4.78 is 15.9. The molecular formula is C45H31NO2S. The van der Waals surface area contributed by atoms with E-state index in [0.29, 0.717) is 0 Å². The van der Waals surface area contributed by atoms with Crippen LogP contribution in [0.3, 0.4) is 0 Å². The van der Waals surface area contributed by atoms with Crippen LogP contribution in [0, 0.1) is 0 Å². The monoisotopic (exact) mass is 649 g/mol. The first-order valence-corrected chi connectivity index (χ1v) is 17.5. The smallest absolute Gasteiger partial charge is 0.177 e. The zero-order chi connectivity index (χ0) is 32.7. The molecule has 0 fully saturated rings. The molecule has 0 amide bonds. The minimum absolute atomic E-state index is 0.110. The fourth-order valence-corrected chi connectivity index (χ4v) is 8.88. The molecule has 0 saturated heterocycles. The van der Waals surface area contributed by atoms with Crippen LogP contribution in [0.25, 0.3) is 42.4 Å². The summed E-state index contributed by atoms with van der Waals surface area (Å²) in [6, 6.07) is 53.9. The Morgan fingerprint density at radius 3 is 2.00 bits per heavy atom. The number of para-hydroxylation sites is 3. The molecule has 1 aromatic heterocycles. The highest BCUT2D eigenvalue weighted by Gasteiger charge is 2.37. The van der Waals surface area contributed by atoms with E-state index >= 15 is 0 Å². The molecule has 0 radical (unpaired) electrons. The number of hydrogen-bond acceptors (Lipinski definition) is 4. The number of fused-ring (bicyclic) bond motifs is 8. The van der Waals surface area contributed by atoms with E-state index in [0.717, 1.165) is 51.2 Å². The molecule has 234 valence electrons. The van der Waals surface area contributed by atoms with Crippen molar-refractivity contribution in [1.29, 1.82) is 0 Å². The molecule has 4 heteroatoms. The summed E-state index contributed by atoms with van der Waals surface area (Å²) in [4.78, 5) is 2.36. The molecule has 1 aliphatic carbocycles. The summed E-state index contributed by atoms with van der Waals surface area (Å²) in [7, 11) is 0. The first-order valence-electron chi connectivity index (χ1n) is 16.7. The quantitative estimate of drug-likeness (QED) is 0.189. The number of nitrogens with zero attached hydrogens (tertiary/aromatic N) is 1. The van der Waals surface area contributed by atoms with Crippen molar-refractivity contribution >= 4 is 48.6 Å². The summed E-state index contributed by atoms with van der Waals surface area (Å²) >= 11 is 1.83. The number of hydrogen-bond donors (Lipinski definition) is 0. The highest BCUT2D eigenvalue weighted by Crippen LogP contribution is 2.56. The second-order valence-electron chi connectivity index (χ2n) is 13.3. The molecule has 49 heavy (non-hydrogen) atoms. The molecule has 1 aliphatic heterocycles. The van der Waals surface area contributed by atoms with E-state index in [1.54, 1.807) is 0 Å². The van der Waals surface area contributed by atoms with Gasteiger partial charge in [0.1, 0.15) is 0 Å². The van der Waals surface area contributed by atoms with Crippen LogP contribution < -0.4 is 14.4 Å². The van der Waals surface area contributed by atoms with E-state index < -0.39 is 0 Å². The number of rotatable bonds is 4. The molecule has 3 nitrogen and oxygen atoms in total. The predicted molar refractivity (Wildman–Crippen MR) is 204 cm³/mol. The fraction of sp³-hybridized carbons (Fsp3) is 0.0667. The summed E-state index contributed by atoms with van der Waals surface area (Å²) in [6.45, 7) is 4.57. The Kier molecular flexibility index (Phi) is 6.09. The van der Waals surface area contributed by atoms with Crippen molar-refractivity contribution in [2.45, 2.75) is 19.3 Å². The Hall–Kier alpha value is -5.84. The van der Waals surface area contributed by atoms with Gasteiger partial charge in [-0.1, -0.05) is 98.8 Å². The van der Waals surface area contributed by atoms with E-state index in [-0.39, 0.29) is 5.41 Å². The van der Waals surface area contributed by atoms with Crippen molar-refractivity contribution in [3.8, 4) is 45.3 Å². The molecule has 10 rings (SSSR count). The minimum atomic E-state index is -0.110. The van der Waals surface area contributed by atoms with Crippen LogP contribution in [0.2, 0.25) is 0 Å². The van der Waals surface area contributed by atoms with Crippen molar-refractivity contribution in [3.05, 3.63) is 163 Å². The molecule has 0 atom stereocenters. The summed E-state index contributed by atoms with van der Waals surface area (Å²) in [5.41, 5.74) is 10.4. The highest BCUT2D eigenvalue weighted by molar-refractivity contribution is 7.26. The number of anilines is 3. The van der Waals surface area contributed by atoms with Crippen molar-refractivity contribution in [3.63, 3.8) is 0 Å². The maximum absolute atomic E-state index is 6.80. The van der Waals surface area contributed by atoms with Gasteiger partial charge < -0.3 is 14.4 Å². The van der Waals surface area contributed by atoms with Crippen LogP contribution in [0.4, 0.5) is 17.1 Å². The SMILES string of the molecule is CC1(C)c2ccccc2-c2cc3c(cc21)Oc1cccc(-c2ccc4sc5cccc(N(c6ccccc6)c6ccccc6)c5c4c2)c1O3. The van der Waals surface area contributed by atoms with E-state index in [1.165, 1.54) is 42.4 Å². The standard InChI is InChI=1S/C45H31NO2S/c1-45(2)35-19-10-9-17-32(35)33-26-39-40(27-36(33)45)47-38-21-11-18-31(44(38)48-39)28-23-24-41-34(25-28)43-37(20-12-22-42(43)49-41)46(29-13-5-3-6-14-29)30-15-7-4-8-16-30/h3-27H,1-2H3. The predicted octanol–water partition coefficient (Wildman–Crippen LogP) is 13.4. The van der Waals surface area contributed by atoms with Crippen LogP contribution in [-0.2, 0) is 5.41 Å². The van der Waals surface area contributed by atoms with Crippen LogP contribution in [0.1, 0.15) is 25.0 Å². The summed E-state index contributed by atoms with van der Waals surface area (Å²) in [5, 5.41) is 2.46. The molecule has 0 saturated carbocycles. The van der Waals surface area contributed by atoms with Crippen LogP contribution in [0.15, 0.2) is 152 Å². The first-order chi connectivity index (χ1) is 24.0. The van der Waals surface area contributed by atoms with E-state index in [4.69, 9.17) is 9.47 Å². The molecule has 2 aliphatic rings. The zero-order valence-corrected chi connectivity index (χ0v) is 27.9. The Bertz CT molecular complexity index is 2550. The Balaban J connectivity index is 1.12. The Labute approximate surface area is 289 Å². The fourth-order valence-electron chi connectivity index (χ4n) is 7.77. The number of benzene rings is 7. The van der Waals surface area contributed by atoms with Crippen molar-refractivity contribution in [1.82, 2.24) is 0 Å². The van der Waals surface area contributed by atoms with Gasteiger partial charge in [-0.2, -0.15) is 0 Å². The van der Waals surface area contributed by atoms with Gasteiger partial charge in [-0.3, -0.25) is 0 Å². The van der Waals surface area contributed by atoms with Gasteiger partial charge in [0.25, 0.3) is 0 Å². The zero-order valence-electron chi connectivity index (χ0n) is 27.1. The molecule has 0 bridgehead atoms. The summed E-state index contributed by atoms with van der Waals surface area (Å²) in [6.07, 6.45) is 0. The maximum Gasteiger partial charge on any atom is 0.177 e. The minimum Gasteiger partial charge on any atom is -0.449 e. The van der Waals surface area contributed by atoms with E-state index in [1.807, 2.05) is 17.4 Å². The highest BCUT2D eigenvalue weighted by atomic mass is 32.1. The van der Waals surface area contributed by atoms with E-state index in [9.17, 15) is 0 Å².